The van der Waals surface area contributed by atoms with Gasteiger partial charge in [-0.25, -0.2) is 0 Å². The highest BCUT2D eigenvalue weighted by Gasteiger charge is 2.21. The largest absolute Gasteiger partial charge is 0.299 e. The van der Waals surface area contributed by atoms with E-state index in [4.69, 9.17) is 0 Å². The summed E-state index contributed by atoms with van der Waals surface area (Å²) in [5.74, 6) is 0.547. The number of benzene rings is 1. The van der Waals surface area contributed by atoms with E-state index < -0.39 is 0 Å². The van der Waals surface area contributed by atoms with Gasteiger partial charge >= 0.3 is 0 Å². The summed E-state index contributed by atoms with van der Waals surface area (Å²) in [6.45, 7) is 1.75. The number of carbonyl (C=O) groups is 1. The van der Waals surface area contributed by atoms with Crippen molar-refractivity contribution in [2.24, 2.45) is 7.05 Å². The van der Waals surface area contributed by atoms with Crippen LogP contribution in [0.25, 0.3) is 0 Å². The number of aryl methyl sites for hydroxylation is 2. The lowest BCUT2D eigenvalue weighted by Crippen LogP contribution is -2.20. The van der Waals surface area contributed by atoms with Crippen LogP contribution in [0.3, 0.4) is 0 Å². The van der Waals surface area contributed by atoms with Crippen LogP contribution in [0.2, 0.25) is 0 Å². The third-order valence-corrected chi connectivity index (χ3v) is 4.64. The van der Waals surface area contributed by atoms with E-state index in [2.05, 4.69) is 5.10 Å². The van der Waals surface area contributed by atoms with Gasteiger partial charge in [-0.3, -0.25) is 19.4 Å². The highest BCUT2D eigenvalue weighted by molar-refractivity contribution is 7.98. The van der Waals surface area contributed by atoms with Crippen LogP contribution in [-0.4, -0.2) is 28.1 Å². The quantitative estimate of drug-likeness (QED) is 0.679. The second kappa shape index (κ2) is 6.58. The van der Waals surface area contributed by atoms with Gasteiger partial charge in [0.25, 0.3) is 5.56 Å². The number of carbonyl (C=O) groups excluding carboxylic acids is 1. The number of thioether (sulfide) groups is 2. The molecular formula is C15H18N2O2S2. The smallest absolute Gasteiger partial charge is 0.277 e. The molecule has 1 aromatic heterocycles. The molecule has 4 nitrogen and oxygen atoms in total. The zero-order chi connectivity index (χ0) is 15.6. The Kier molecular flexibility index (Phi) is 5.00. The highest BCUT2D eigenvalue weighted by atomic mass is 32.2. The molecule has 1 heterocycles. The molecule has 2 rings (SSSR count). The third kappa shape index (κ3) is 3.11. The van der Waals surface area contributed by atoms with Crippen molar-refractivity contribution in [1.29, 1.82) is 0 Å². The van der Waals surface area contributed by atoms with Crippen molar-refractivity contribution in [1.82, 2.24) is 9.78 Å². The lowest BCUT2D eigenvalue weighted by Gasteiger charge is -2.09. The molecule has 21 heavy (non-hydrogen) atoms. The Balaban J connectivity index is 2.55. The molecule has 0 aliphatic carbocycles. The predicted molar refractivity (Wildman–Crippen MR) is 89.6 cm³/mol. The van der Waals surface area contributed by atoms with Crippen LogP contribution in [0.5, 0.6) is 0 Å². The summed E-state index contributed by atoms with van der Waals surface area (Å²) in [6.07, 6.45) is 4.01. The second-order valence-electron chi connectivity index (χ2n) is 4.76. The van der Waals surface area contributed by atoms with Gasteiger partial charge in [0.2, 0.25) is 5.78 Å². The molecule has 1 aromatic carbocycles. The molecule has 0 unspecified atom stereocenters. The van der Waals surface area contributed by atoms with Crippen molar-refractivity contribution in [3.05, 3.63) is 50.9 Å². The van der Waals surface area contributed by atoms with Crippen LogP contribution in [-0.2, 0) is 12.8 Å². The molecule has 6 heteroatoms. The van der Waals surface area contributed by atoms with Crippen molar-refractivity contribution < 1.29 is 4.79 Å². The number of hydrogen-bond acceptors (Lipinski definition) is 4. The molecule has 0 atom stereocenters. The van der Waals surface area contributed by atoms with Gasteiger partial charge < -0.3 is 0 Å². The predicted octanol–water partition coefficient (Wildman–Crippen LogP) is 2.84. The van der Waals surface area contributed by atoms with E-state index in [0.29, 0.717) is 11.3 Å². The Bertz CT molecular complexity index is 732. The minimum absolute atomic E-state index is 0.203. The average Bonchev–Trinajstić information content (AvgIpc) is 2.71. The van der Waals surface area contributed by atoms with Crippen molar-refractivity contribution in [3.63, 3.8) is 0 Å². The molecule has 1 N–H and O–H groups in total. The summed E-state index contributed by atoms with van der Waals surface area (Å²) in [5.41, 5.74) is 2.15. The second-order valence-corrected chi connectivity index (χ2v) is 6.51. The van der Waals surface area contributed by atoms with Crippen LogP contribution in [0, 0.1) is 6.92 Å². The first-order chi connectivity index (χ1) is 9.99. The van der Waals surface area contributed by atoms with E-state index in [-0.39, 0.29) is 16.9 Å². The molecule has 112 valence electrons. The Morgan fingerprint density at radius 3 is 2.57 bits per heavy atom. The van der Waals surface area contributed by atoms with Gasteiger partial charge in [-0.15, -0.1) is 11.8 Å². The number of nitrogens with one attached hydrogen (secondary N) is 1. The third-order valence-electron chi connectivity index (χ3n) is 3.31. The van der Waals surface area contributed by atoms with Gasteiger partial charge in [0, 0.05) is 29.0 Å². The van der Waals surface area contributed by atoms with Crippen molar-refractivity contribution >= 4 is 29.3 Å². The maximum Gasteiger partial charge on any atom is 0.277 e. The molecule has 0 aliphatic heterocycles. The average molecular weight is 322 g/mol. The molecule has 0 bridgehead atoms. The molecule has 0 amide bonds. The van der Waals surface area contributed by atoms with Gasteiger partial charge in [-0.1, -0.05) is 0 Å². The molecule has 0 radical (unpaired) electrons. The number of H-pyrrole nitrogens is 1. The number of nitrogens with zero attached hydrogens (tertiary/aromatic N) is 1. The molecule has 0 saturated carbocycles. The molecule has 0 fully saturated rings. The first-order valence-corrected chi connectivity index (χ1v) is 9.07. The van der Waals surface area contributed by atoms with Gasteiger partial charge in [0.05, 0.1) is 0 Å². The fourth-order valence-corrected chi connectivity index (χ4v) is 3.30. The monoisotopic (exact) mass is 322 g/mol. The number of aromatic amines is 1. The number of aromatic nitrogens is 2. The SMILES string of the molecule is CSCc1cc(SC)ccc1C(=O)c1c(C)[nH]n(C)c1=O. The van der Waals surface area contributed by atoms with Crippen LogP contribution in [0.15, 0.2) is 27.9 Å². The van der Waals surface area contributed by atoms with Gasteiger partial charge in [0.15, 0.2) is 0 Å². The summed E-state index contributed by atoms with van der Waals surface area (Å²) in [5, 5.41) is 2.87. The van der Waals surface area contributed by atoms with E-state index >= 15 is 0 Å². The summed E-state index contributed by atoms with van der Waals surface area (Å²) in [4.78, 5) is 26.0. The Hall–Kier alpha value is -1.40. The lowest BCUT2D eigenvalue weighted by molar-refractivity contribution is 0.103. The van der Waals surface area contributed by atoms with E-state index in [1.54, 1.807) is 37.5 Å². The van der Waals surface area contributed by atoms with E-state index in [1.165, 1.54) is 4.68 Å². The summed E-state index contributed by atoms with van der Waals surface area (Å²) in [6, 6.07) is 5.78. The summed E-state index contributed by atoms with van der Waals surface area (Å²) >= 11 is 3.30. The Morgan fingerprint density at radius 2 is 2.05 bits per heavy atom. The minimum Gasteiger partial charge on any atom is -0.299 e. The van der Waals surface area contributed by atoms with Crippen LogP contribution in [0.1, 0.15) is 27.2 Å². The standard InChI is InChI=1S/C15H18N2O2S2/c1-9-13(15(19)17(2)16-9)14(18)12-6-5-11(21-4)7-10(12)8-20-3/h5-7,16H,8H2,1-4H3. The molecule has 0 spiro atoms. The fraction of sp³-hybridized carbons (Fsp3) is 0.333. The first-order valence-electron chi connectivity index (χ1n) is 6.45. The molecule has 0 saturated heterocycles. The van der Waals surface area contributed by atoms with Crippen molar-refractivity contribution in [2.75, 3.05) is 12.5 Å². The normalized spacial score (nSPS) is 10.9. The van der Waals surface area contributed by atoms with Gasteiger partial charge in [0.1, 0.15) is 5.56 Å². The molecular weight excluding hydrogens is 304 g/mol. The van der Waals surface area contributed by atoms with Crippen molar-refractivity contribution in [2.45, 2.75) is 17.6 Å². The van der Waals surface area contributed by atoms with Crippen LogP contribution in [0.4, 0.5) is 0 Å². The Labute approximate surface area is 132 Å². The summed E-state index contributed by atoms with van der Waals surface area (Å²) < 4.78 is 1.34. The summed E-state index contributed by atoms with van der Waals surface area (Å²) in [7, 11) is 1.62. The number of ketones is 1. The fourth-order valence-electron chi connectivity index (χ4n) is 2.28. The zero-order valence-corrected chi connectivity index (χ0v) is 14.2. The maximum atomic E-state index is 12.7. The first kappa shape index (κ1) is 16.0. The number of hydrogen-bond donors (Lipinski definition) is 1. The highest BCUT2D eigenvalue weighted by Crippen LogP contribution is 2.24. The Morgan fingerprint density at radius 1 is 1.33 bits per heavy atom. The van der Waals surface area contributed by atoms with Gasteiger partial charge in [-0.05, 0) is 43.2 Å². The topological polar surface area (TPSA) is 54.9 Å². The van der Waals surface area contributed by atoms with Gasteiger partial charge in [-0.2, -0.15) is 11.8 Å². The zero-order valence-electron chi connectivity index (χ0n) is 12.5. The van der Waals surface area contributed by atoms with E-state index in [1.807, 2.05) is 30.7 Å². The van der Waals surface area contributed by atoms with Crippen molar-refractivity contribution in [3.8, 4) is 0 Å². The maximum absolute atomic E-state index is 12.7. The van der Waals surface area contributed by atoms with E-state index in [9.17, 15) is 9.59 Å². The minimum atomic E-state index is -0.276. The lowest BCUT2D eigenvalue weighted by atomic mass is 9.99. The van der Waals surface area contributed by atoms with E-state index in [0.717, 1.165) is 16.2 Å². The number of rotatable bonds is 5. The van der Waals surface area contributed by atoms with Crippen LogP contribution < -0.4 is 5.56 Å². The van der Waals surface area contributed by atoms with Crippen LogP contribution >= 0.6 is 23.5 Å². The molecule has 2 aromatic rings. The molecule has 0 aliphatic rings.